The molecule has 0 saturated carbocycles. The molecule has 2 aromatic carbocycles. The quantitative estimate of drug-likeness (QED) is 0.391. The lowest BCUT2D eigenvalue weighted by Gasteiger charge is -2.33. The van der Waals surface area contributed by atoms with E-state index < -0.39 is 17.5 Å². The number of carbonyl (C=O) groups is 2. The Bertz CT molecular complexity index is 1180. The molecule has 0 spiro atoms. The summed E-state index contributed by atoms with van der Waals surface area (Å²) in [5, 5.41) is 25.4. The molecule has 1 atom stereocenters. The first-order valence-electron chi connectivity index (χ1n) is 12.1. The summed E-state index contributed by atoms with van der Waals surface area (Å²) in [7, 11) is 0. The average molecular weight is 529 g/mol. The Kier molecular flexibility index (Phi) is 9.60. The van der Waals surface area contributed by atoms with Crippen LogP contribution in [-0.2, 0) is 16.1 Å². The van der Waals surface area contributed by atoms with Crippen LogP contribution in [0.1, 0.15) is 45.7 Å². The van der Waals surface area contributed by atoms with Crippen LogP contribution in [-0.4, -0.2) is 67.3 Å². The van der Waals surface area contributed by atoms with Crippen molar-refractivity contribution in [1.82, 2.24) is 30.4 Å². The van der Waals surface area contributed by atoms with E-state index in [2.05, 4.69) is 20.7 Å². The van der Waals surface area contributed by atoms with E-state index in [9.17, 15) is 14.7 Å². The van der Waals surface area contributed by atoms with E-state index in [-0.39, 0.29) is 25.6 Å². The third-order valence-electron chi connectivity index (χ3n) is 5.27. The lowest BCUT2D eigenvalue weighted by atomic mass is 10.0. The highest BCUT2D eigenvalue weighted by Gasteiger charge is 2.33. The van der Waals surface area contributed by atoms with E-state index in [1.165, 1.54) is 9.70 Å². The summed E-state index contributed by atoms with van der Waals surface area (Å²) >= 11 is 5.95. The summed E-state index contributed by atoms with van der Waals surface area (Å²) < 4.78 is 5.53. The zero-order chi connectivity index (χ0) is 27.0. The molecule has 0 aliphatic heterocycles. The van der Waals surface area contributed by atoms with Crippen molar-refractivity contribution in [1.29, 1.82) is 0 Å². The molecule has 2 amide bonds. The SMILES string of the molecule is CCOc1ccc([C@H](C(=O)NC(C)(C)C)N(CCCO)C(=O)Cn2nnc(-c3ccc(Cl)cc3)n2)cc1. The van der Waals surface area contributed by atoms with Gasteiger partial charge in [0.2, 0.25) is 17.6 Å². The van der Waals surface area contributed by atoms with Gasteiger partial charge in [0.15, 0.2) is 0 Å². The maximum atomic E-state index is 13.6. The Morgan fingerprint density at radius 2 is 1.81 bits per heavy atom. The van der Waals surface area contributed by atoms with Crippen molar-refractivity contribution in [2.75, 3.05) is 19.8 Å². The van der Waals surface area contributed by atoms with Crippen LogP contribution in [0.4, 0.5) is 0 Å². The number of aromatic nitrogens is 4. The zero-order valence-electron chi connectivity index (χ0n) is 21.5. The molecule has 0 bridgehead atoms. The van der Waals surface area contributed by atoms with E-state index in [0.717, 1.165) is 0 Å². The molecule has 0 unspecified atom stereocenters. The van der Waals surface area contributed by atoms with E-state index in [4.69, 9.17) is 16.3 Å². The Hall–Kier alpha value is -3.50. The lowest BCUT2D eigenvalue weighted by Crippen LogP contribution is -2.50. The molecule has 1 heterocycles. The van der Waals surface area contributed by atoms with Crippen LogP contribution in [0.3, 0.4) is 0 Å². The summed E-state index contributed by atoms with van der Waals surface area (Å²) in [6, 6.07) is 13.1. The van der Waals surface area contributed by atoms with Crippen LogP contribution in [0.2, 0.25) is 5.02 Å². The second-order valence-electron chi connectivity index (χ2n) is 9.46. The molecule has 0 radical (unpaired) electrons. The molecule has 198 valence electrons. The van der Waals surface area contributed by atoms with E-state index in [1.54, 1.807) is 48.5 Å². The van der Waals surface area contributed by atoms with Gasteiger partial charge in [0, 0.05) is 29.3 Å². The number of rotatable bonds is 11. The minimum Gasteiger partial charge on any atom is -0.494 e. The molecule has 0 aliphatic carbocycles. The standard InChI is InChI=1S/C26H33ClN6O4/c1-5-37-21-13-9-18(10-14-21)23(25(36)28-26(2,3)4)32(15-6-16-34)22(35)17-33-30-24(29-31-33)19-7-11-20(27)12-8-19/h7-14,23,34H,5-6,15-17H2,1-4H3,(H,28,36)/t23-/m1/s1. The second kappa shape index (κ2) is 12.6. The van der Waals surface area contributed by atoms with Gasteiger partial charge in [0.1, 0.15) is 18.3 Å². The number of halogens is 1. The predicted molar refractivity (Wildman–Crippen MR) is 140 cm³/mol. The van der Waals surface area contributed by atoms with Crippen LogP contribution in [0.25, 0.3) is 11.4 Å². The smallest absolute Gasteiger partial charge is 0.247 e. The van der Waals surface area contributed by atoms with Crippen molar-refractivity contribution in [3.8, 4) is 17.1 Å². The fourth-order valence-electron chi connectivity index (χ4n) is 3.70. The second-order valence-corrected chi connectivity index (χ2v) is 9.89. The Morgan fingerprint density at radius 1 is 1.14 bits per heavy atom. The maximum absolute atomic E-state index is 13.6. The van der Waals surface area contributed by atoms with Crippen LogP contribution < -0.4 is 10.1 Å². The van der Waals surface area contributed by atoms with E-state index >= 15 is 0 Å². The average Bonchev–Trinajstić information content (AvgIpc) is 3.30. The molecular formula is C26H33ClN6O4. The van der Waals surface area contributed by atoms with E-state index in [1.807, 2.05) is 27.7 Å². The number of nitrogens with zero attached hydrogens (tertiary/aromatic N) is 5. The third kappa shape index (κ3) is 7.99. The first kappa shape index (κ1) is 28.1. The zero-order valence-corrected chi connectivity index (χ0v) is 22.3. The number of ether oxygens (including phenoxy) is 1. The first-order valence-corrected chi connectivity index (χ1v) is 12.5. The highest BCUT2D eigenvalue weighted by Crippen LogP contribution is 2.26. The minimum absolute atomic E-state index is 0.136. The summed E-state index contributed by atoms with van der Waals surface area (Å²) in [6.45, 7) is 7.80. The Labute approximate surface area is 221 Å². The van der Waals surface area contributed by atoms with Gasteiger partial charge < -0.3 is 20.1 Å². The van der Waals surface area contributed by atoms with Gasteiger partial charge in [-0.1, -0.05) is 23.7 Å². The predicted octanol–water partition coefficient (Wildman–Crippen LogP) is 3.26. The number of aliphatic hydroxyl groups is 1. The van der Waals surface area contributed by atoms with Crippen molar-refractivity contribution in [3.05, 3.63) is 59.1 Å². The van der Waals surface area contributed by atoms with Gasteiger partial charge in [0.25, 0.3) is 0 Å². The van der Waals surface area contributed by atoms with Gasteiger partial charge in [-0.3, -0.25) is 9.59 Å². The van der Waals surface area contributed by atoms with Gasteiger partial charge in [0.05, 0.1) is 6.61 Å². The van der Waals surface area contributed by atoms with Gasteiger partial charge in [-0.15, -0.1) is 10.2 Å². The number of nitrogens with one attached hydrogen (secondary N) is 1. The summed E-state index contributed by atoms with van der Waals surface area (Å²) in [6.07, 6.45) is 0.295. The molecule has 3 aromatic rings. The fourth-order valence-corrected chi connectivity index (χ4v) is 3.83. The first-order chi connectivity index (χ1) is 17.6. The van der Waals surface area contributed by atoms with Gasteiger partial charge in [-0.25, -0.2) is 0 Å². The number of amides is 2. The summed E-state index contributed by atoms with van der Waals surface area (Å²) in [4.78, 5) is 29.7. The monoisotopic (exact) mass is 528 g/mol. The van der Waals surface area contributed by atoms with Crippen molar-refractivity contribution in [3.63, 3.8) is 0 Å². The molecule has 0 aliphatic rings. The highest BCUT2D eigenvalue weighted by atomic mass is 35.5. The molecule has 37 heavy (non-hydrogen) atoms. The Balaban J connectivity index is 1.91. The molecule has 1 aromatic heterocycles. The molecule has 0 saturated heterocycles. The highest BCUT2D eigenvalue weighted by molar-refractivity contribution is 6.30. The number of aliphatic hydroxyl groups excluding tert-OH is 1. The number of hydrogen-bond acceptors (Lipinski definition) is 7. The van der Waals surface area contributed by atoms with Crippen molar-refractivity contribution < 1.29 is 19.4 Å². The molecular weight excluding hydrogens is 496 g/mol. The lowest BCUT2D eigenvalue weighted by molar-refractivity contribution is -0.142. The molecule has 3 rings (SSSR count). The summed E-state index contributed by atoms with van der Waals surface area (Å²) in [5.74, 6) is 0.281. The van der Waals surface area contributed by atoms with Crippen molar-refractivity contribution >= 4 is 23.4 Å². The fraction of sp³-hybridized carbons (Fsp3) is 0.423. The number of carbonyl (C=O) groups excluding carboxylic acids is 2. The van der Waals surface area contributed by atoms with Crippen LogP contribution in [0, 0.1) is 0 Å². The summed E-state index contributed by atoms with van der Waals surface area (Å²) in [5.41, 5.74) is 0.801. The molecule has 11 heteroatoms. The Morgan fingerprint density at radius 3 is 2.41 bits per heavy atom. The van der Waals surface area contributed by atoms with Crippen LogP contribution in [0.5, 0.6) is 5.75 Å². The normalized spacial score (nSPS) is 12.2. The third-order valence-corrected chi connectivity index (χ3v) is 5.53. The van der Waals surface area contributed by atoms with Crippen molar-refractivity contribution in [2.24, 2.45) is 0 Å². The topological polar surface area (TPSA) is 122 Å². The molecule has 10 nitrogen and oxygen atoms in total. The largest absolute Gasteiger partial charge is 0.494 e. The van der Waals surface area contributed by atoms with Gasteiger partial charge in [-0.2, -0.15) is 4.80 Å². The number of benzene rings is 2. The molecule has 0 fully saturated rings. The minimum atomic E-state index is -0.937. The van der Waals surface area contributed by atoms with Gasteiger partial charge >= 0.3 is 0 Å². The maximum Gasteiger partial charge on any atom is 0.247 e. The van der Waals surface area contributed by atoms with E-state index in [0.29, 0.717) is 40.8 Å². The van der Waals surface area contributed by atoms with Crippen LogP contribution in [0.15, 0.2) is 48.5 Å². The van der Waals surface area contributed by atoms with Gasteiger partial charge in [-0.05, 0) is 81.3 Å². The van der Waals surface area contributed by atoms with Crippen LogP contribution >= 0.6 is 11.6 Å². The number of tetrazole rings is 1. The molecule has 2 N–H and O–H groups in total. The number of hydrogen-bond donors (Lipinski definition) is 2. The van der Waals surface area contributed by atoms with Crippen molar-refractivity contribution in [2.45, 2.75) is 52.2 Å².